The molecule has 1 unspecified atom stereocenters. The van der Waals surface area contributed by atoms with Gasteiger partial charge < -0.3 is 14.6 Å². The molecule has 0 aliphatic heterocycles. The molecule has 4 rings (SSSR count). The van der Waals surface area contributed by atoms with E-state index in [9.17, 15) is 4.79 Å². The van der Waals surface area contributed by atoms with Gasteiger partial charge in [0.2, 0.25) is 5.91 Å². The van der Waals surface area contributed by atoms with Gasteiger partial charge in [-0.3, -0.25) is 4.79 Å². The molecule has 0 radical (unpaired) electrons. The van der Waals surface area contributed by atoms with Gasteiger partial charge >= 0.3 is 0 Å². The van der Waals surface area contributed by atoms with E-state index in [2.05, 4.69) is 20.5 Å². The molecule has 2 heterocycles. The molecule has 1 N–H and O–H groups in total. The van der Waals surface area contributed by atoms with Gasteiger partial charge in [-0.1, -0.05) is 52.9 Å². The van der Waals surface area contributed by atoms with Crippen LogP contribution in [0.25, 0.3) is 10.2 Å². The van der Waals surface area contributed by atoms with Crippen molar-refractivity contribution in [3.63, 3.8) is 0 Å². The molecule has 4 aromatic rings. The van der Waals surface area contributed by atoms with Gasteiger partial charge in [-0.15, -0.1) is 10.2 Å². The van der Waals surface area contributed by atoms with Gasteiger partial charge in [0.1, 0.15) is 5.75 Å². The second-order valence-electron chi connectivity index (χ2n) is 6.44. The summed E-state index contributed by atoms with van der Waals surface area (Å²) in [6.45, 7) is 1.89. The van der Waals surface area contributed by atoms with Crippen molar-refractivity contribution in [3.05, 3.63) is 59.4 Å². The van der Waals surface area contributed by atoms with Crippen LogP contribution in [0, 0.1) is 0 Å². The highest BCUT2D eigenvalue weighted by molar-refractivity contribution is 7.99. The van der Waals surface area contributed by atoms with E-state index in [0.29, 0.717) is 26.9 Å². The zero-order chi connectivity index (χ0) is 21.1. The third-order valence-corrected chi connectivity index (χ3v) is 6.42. The number of carbonyl (C=O) groups excluding carboxylic acids is 1. The molecule has 0 aliphatic carbocycles. The maximum atomic E-state index is 12.3. The molecule has 0 fully saturated rings. The van der Waals surface area contributed by atoms with Crippen molar-refractivity contribution in [2.24, 2.45) is 7.05 Å². The van der Waals surface area contributed by atoms with Crippen LogP contribution in [0.2, 0.25) is 5.02 Å². The van der Waals surface area contributed by atoms with Crippen molar-refractivity contribution < 1.29 is 9.53 Å². The van der Waals surface area contributed by atoms with E-state index in [-0.39, 0.29) is 17.8 Å². The Bertz CT molecular complexity index is 1160. The van der Waals surface area contributed by atoms with E-state index < -0.39 is 0 Å². The molecule has 0 spiro atoms. The normalized spacial score (nSPS) is 12.1. The molecular weight excluding hydrogens is 442 g/mol. The standard InChI is InChI=1S/C20H18ClN5O2S2/c1-12(28-14-7-5-6-13(21)10-14)18-24-25-20(26(18)2)29-11-17(27)23-19-22-15-8-3-4-9-16(15)30-19/h3-10,12H,11H2,1-2H3,(H,22,23,27). The van der Waals surface area contributed by atoms with Crippen LogP contribution >= 0.6 is 34.7 Å². The van der Waals surface area contributed by atoms with Crippen molar-refractivity contribution in [1.29, 1.82) is 0 Å². The molecule has 1 atom stereocenters. The molecule has 2 aromatic heterocycles. The fourth-order valence-electron chi connectivity index (χ4n) is 2.81. The summed E-state index contributed by atoms with van der Waals surface area (Å²) in [7, 11) is 1.85. The van der Waals surface area contributed by atoms with Crippen molar-refractivity contribution in [2.75, 3.05) is 11.1 Å². The number of benzene rings is 2. The van der Waals surface area contributed by atoms with Crippen LogP contribution < -0.4 is 10.1 Å². The number of carbonyl (C=O) groups is 1. The Morgan fingerprint density at radius 3 is 2.90 bits per heavy atom. The predicted molar refractivity (Wildman–Crippen MR) is 120 cm³/mol. The number of nitrogens with zero attached hydrogens (tertiary/aromatic N) is 4. The van der Waals surface area contributed by atoms with E-state index in [1.165, 1.54) is 23.1 Å². The topological polar surface area (TPSA) is 81.9 Å². The summed E-state index contributed by atoms with van der Waals surface area (Å²) in [6, 6.07) is 15.0. The molecule has 7 nitrogen and oxygen atoms in total. The van der Waals surface area contributed by atoms with Crippen LogP contribution in [0.4, 0.5) is 5.13 Å². The summed E-state index contributed by atoms with van der Waals surface area (Å²) in [5.74, 6) is 1.36. The average molecular weight is 460 g/mol. The van der Waals surface area contributed by atoms with Gasteiger partial charge in [-0.25, -0.2) is 4.98 Å². The lowest BCUT2D eigenvalue weighted by atomic mass is 10.3. The first-order chi connectivity index (χ1) is 14.5. The molecule has 0 saturated carbocycles. The van der Waals surface area contributed by atoms with Crippen LogP contribution in [-0.2, 0) is 11.8 Å². The van der Waals surface area contributed by atoms with Crippen molar-refractivity contribution in [2.45, 2.75) is 18.2 Å². The summed E-state index contributed by atoms with van der Waals surface area (Å²) in [5.41, 5.74) is 0.872. The highest BCUT2D eigenvalue weighted by Crippen LogP contribution is 2.27. The van der Waals surface area contributed by atoms with Crippen molar-refractivity contribution in [1.82, 2.24) is 19.7 Å². The molecule has 0 bridgehead atoms. The molecule has 0 aliphatic rings. The Hall–Kier alpha value is -2.62. The molecule has 1 amide bonds. The Labute approximate surface area is 186 Å². The molecule has 10 heteroatoms. The third kappa shape index (κ3) is 4.75. The number of hydrogen-bond acceptors (Lipinski definition) is 7. The quantitative estimate of drug-likeness (QED) is 0.394. The van der Waals surface area contributed by atoms with Gasteiger partial charge in [-0.05, 0) is 37.3 Å². The first-order valence-corrected chi connectivity index (χ1v) is 11.3. The number of halogens is 1. The van der Waals surface area contributed by atoms with Gasteiger partial charge in [0.25, 0.3) is 0 Å². The molecule has 30 heavy (non-hydrogen) atoms. The second kappa shape index (κ2) is 9.03. The number of thiazole rings is 1. The Balaban J connectivity index is 1.35. The molecule has 0 saturated heterocycles. The van der Waals surface area contributed by atoms with E-state index in [4.69, 9.17) is 16.3 Å². The number of ether oxygens (including phenoxy) is 1. The number of para-hydroxylation sites is 1. The summed E-state index contributed by atoms with van der Waals surface area (Å²) >= 11 is 8.76. The maximum Gasteiger partial charge on any atom is 0.236 e. The smallest absolute Gasteiger partial charge is 0.236 e. The minimum atomic E-state index is -0.327. The number of hydrogen-bond donors (Lipinski definition) is 1. The summed E-state index contributed by atoms with van der Waals surface area (Å²) in [6.07, 6.45) is -0.327. The van der Waals surface area contributed by atoms with Crippen LogP contribution in [0.3, 0.4) is 0 Å². The lowest BCUT2D eigenvalue weighted by Crippen LogP contribution is -2.14. The highest BCUT2D eigenvalue weighted by atomic mass is 35.5. The van der Waals surface area contributed by atoms with Gasteiger partial charge in [0, 0.05) is 12.1 Å². The number of nitrogens with one attached hydrogen (secondary N) is 1. The van der Waals surface area contributed by atoms with Crippen LogP contribution in [-0.4, -0.2) is 31.4 Å². The van der Waals surface area contributed by atoms with Crippen molar-refractivity contribution >= 4 is 56.0 Å². The van der Waals surface area contributed by atoms with Gasteiger partial charge in [-0.2, -0.15) is 0 Å². The van der Waals surface area contributed by atoms with E-state index in [1.54, 1.807) is 12.1 Å². The average Bonchev–Trinajstić information content (AvgIpc) is 3.29. The monoisotopic (exact) mass is 459 g/mol. The number of aromatic nitrogens is 4. The number of amides is 1. The maximum absolute atomic E-state index is 12.3. The second-order valence-corrected chi connectivity index (χ2v) is 8.85. The largest absolute Gasteiger partial charge is 0.483 e. The summed E-state index contributed by atoms with van der Waals surface area (Å²) < 4.78 is 8.76. The SMILES string of the molecule is CC(Oc1cccc(Cl)c1)c1nnc(SCC(=O)Nc2nc3ccccc3s2)n1C. The van der Waals surface area contributed by atoms with Crippen LogP contribution in [0.1, 0.15) is 18.9 Å². The zero-order valence-electron chi connectivity index (χ0n) is 16.2. The molecule has 154 valence electrons. The first kappa shape index (κ1) is 20.6. The van der Waals surface area contributed by atoms with E-state index in [1.807, 2.05) is 54.9 Å². The lowest BCUT2D eigenvalue weighted by Gasteiger charge is -2.14. The fraction of sp³-hybridized carbons (Fsp3) is 0.200. The Morgan fingerprint density at radius 1 is 1.27 bits per heavy atom. The van der Waals surface area contributed by atoms with Crippen molar-refractivity contribution in [3.8, 4) is 5.75 Å². The number of anilines is 1. The van der Waals surface area contributed by atoms with Gasteiger partial charge in [0.15, 0.2) is 22.2 Å². The van der Waals surface area contributed by atoms with E-state index >= 15 is 0 Å². The minimum Gasteiger partial charge on any atom is -0.483 e. The first-order valence-electron chi connectivity index (χ1n) is 9.09. The number of thioether (sulfide) groups is 1. The van der Waals surface area contributed by atoms with Gasteiger partial charge in [0.05, 0.1) is 16.0 Å². The summed E-state index contributed by atoms with van der Waals surface area (Å²) in [4.78, 5) is 16.7. The Morgan fingerprint density at radius 2 is 2.10 bits per heavy atom. The Kier molecular flexibility index (Phi) is 6.21. The minimum absolute atomic E-state index is 0.146. The predicted octanol–water partition coefficient (Wildman–Crippen LogP) is 4.95. The number of fused-ring (bicyclic) bond motifs is 1. The van der Waals surface area contributed by atoms with E-state index in [0.717, 1.165) is 10.2 Å². The molecular formula is C20H18ClN5O2S2. The van der Waals surface area contributed by atoms with Crippen LogP contribution in [0.5, 0.6) is 5.75 Å². The number of rotatable bonds is 7. The lowest BCUT2D eigenvalue weighted by molar-refractivity contribution is -0.113. The summed E-state index contributed by atoms with van der Waals surface area (Å²) in [5, 5.41) is 13.1. The molecule has 2 aromatic carbocycles. The highest BCUT2D eigenvalue weighted by Gasteiger charge is 2.18. The third-order valence-electron chi connectivity index (χ3n) is 4.21. The zero-order valence-corrected chi connectivity index (χ0v) is 18.6. The fourth-order valence-corrected chi connectivity index (χ4v) is 4.59. The van der Waals surface area contributed by atoms with Crippen LogP contribution in [0.15, 0.2) is 53.7 Å².